The van der Waals surface area contributed by atoms with Crippen LogP contribution in [0.5, 0.6) is 17.2 Å². The molecular weight excluding hydrogens is 709 g/mol. The normalized spacial score (nSPS) is 13.8. The van der Waals surface area contributed by atoms with Crippen molar-refractivity contribution in [2.24, 2.45) is 15.0 Å². The van der Waals surface area contributed by atoms with Crippen LogP contribution in [0.25, 0.3) is 0 Å². The van der Waals surface area contributed by atoms with Crippen LogP contribution < -0.4 is 0 Å². The van der Waals surface area contributed by atoms with E-state index in [-0.39, 0.29) is 67.6 Å². The van der Waals surface area contributed by atoms with Crippen LogP contribution in [-0.4, -0.2) is 48.9 Å². The molecule has 0 aliphatic rings. The van der Waals surface area contributed by atoms with E-state index < -0.39 is 0 Å². The number of aromatic nitrogens is 3. The largest absolute Gasteiger partial charge is 0.507 e. The van der Waals surface area contributed by atoms with Crippen LogP contribution in [0.2, 0.25) is 0 Å². The number of aliphatic imine (C=N–C) groups is 3. The van der Waals surface area contributed by atoms with Crippen LogP contribution in [0.4, 0.5) is 17.8 Å². The van der Waals surface area contributed by atoms with Crippen LogP contribution in [-0.2, 0) is 32.5 Å². The van der Waals surface area contributed by atoms with Crippen molar-refractivity contribution in [1.82, 2.24) is 15.0 Å². The first-order valence-corrected chi connectivity index (χ1v) is 19.8. The number of phenolic OH excluding ortho intramolecular Hbond substituents is 3. The van der Waals surface area contributed by atoms with Crippen LogP contribution in [0.15, 0.2) is 51.4 Å². The minimum Gasteiger partial charge on any atom is -0.507 e. The summed E-state index contributed by atoms with van der Waals surface area (Å²) in [5.74, 6) is 1.20. The Morgan fingerprint density at radius 3 is 0.632 bits per heavy atom. The van der Waals surface area contributed by atoms with E-state index in [4.69, 9.17) is 15.0 Å². The SMILES string of the molecule is CC(C)(C)c1cc(/C=N/c2nc(/N=C/c3cc(C(C)(C)C)c(O)c(C(C)(C)C)c3)nc(/N=C/c3cc(C(C)(C)C)c(O)c(C(C)(C)C)c3)n2)cc(C(C)(C)C)c1O. The number of phenols is 3. The quantitative estimate of drug-likeness (QED) is 0.167. The molecule has 0 aliphatic carbocycles. The Balaban J connectivity index is 1.93. The lowest BCUT2D eigenvalue weighted by molar-refractivity contribution is 0.422. The predicted molar refractivity (Wildman–Crippen MR) is 238 cm³/mol. The Morgan fingerprint density at radius 1 is 0.333 bits per heavy atom. The molecule has 0 bridgehead atoms. The molecule has 4 rings (SSSR count). The van der Waals surface area contributed by atoms with E-state index in [9.17, 15) is 15.3 Å². The van der Waals surface area contributed by atoms with Gasteiger partial charge < -0.3 is 15.3 Å². The Labute approximate surface area is 341 Å². The molecule has 0 atom stereocenters. The molecule has 1 aromatic heterocycles. The van der Waals surface area contributed by atoms with E-state index in [1.165, 1.54) is 0 Å². The Bertz CT molecular complexity index is 1850. The third-order valence-electron chi connectivity index (χ3n) is 9.83. The molecular formula is C48H66N6O3. The van der Waals surface area contributed by atoms with Crippen molar-refractivity contribution in [3.63, 3.8) is 0 Å². The smallest absolute Gasteiger partial charge is 0.256 e. The van der Waals surface area contributed by atoms with E-state index in [2.05, 4.69) is 140 Å². The minimum atomic E-state index is -0.313. The van der Waals surface area contributed by atoms with Gasteiger partial charge in [-0.3, -0.25) is 0 Å². The monoisotopic (exact) mass is 775 g/mol. The fourth-order valence-corrected chi connectivity index (χ4v) is 6.54. The van der Waals surface area contributed by atoms with E-state index in [0.717, 1.165) is 50.1 Å². The average Bonchev–Trinajstić information content (AvgIpc) is 3.03. The minimum absolute atomic E-state index is 0.111. The number of benzene rings is 3. The average molecular weight is 775 g/mol. The molecule has 0 saturated carbocycles. The lowest BCUT2D eigenvalue weighted by atomic mass is 9.78. The molecule has 0 fully saturated rings. The van der Waals surface area contributed by atoms with Crippen molar-refractivity contribution in [2.45, 2.75) is 157 Å². The summed E-state index contributed by atoms with van der Waals surface area (Å²) in [6.45, 7) is 37.3. The third kappa shape index (κ3) is 10.9. The fraction of sp³-hybridized carbons (Fsp3) is 0.500. The second-order valence-electron chi connectivity index (χ2n) is 21.4. The molecule has 57 heavy (non-hydrogen) atoms. The second kappa shape index (κ2) is 15.4. The Morgan fingerprint density at radius 2 is 0.491 bits per heavy atom. The highest BCUT2D eigenvalue weighted by atomic mass is 16.3. The highest BCUT2D eigenvalue weighted by Crippen LogP contribution is 2.42. The van der Waals surface area contributed by atoms with Gasteiger partial charge in [-0.15, -0.1) is 0 Å². The van der Waals surface area contributed by atoms with Crippen molar-refractivity contribution >= 4 is 36.5 Å². The maximum absolute atomic E-state index is 11.3. The van der Waals surface area contributed by atoms with E-state index in [1.54, 1.807) is 18.6 Å². The molecule has 0 amide bonds. The number of hydrogen-bond acceptors (Lipinski definition) is 9. The van der Waals surface area contributed by atoms with Gasteiger partial charge in [0.2, 0.25) is 0 Å². The molecule has 0 spiro atoms. The first kappa shape index (κ1) is 44.8. The van der Waals surface area contributed by atoms with Crippen LogP contribution in [0, 0.1) is 0 Å². The van der Waals surface area contributed by atoms with E-state index >= 15 is 0 Å². The Kier molecular flexibility index (Phi) is 12.1. The molecule has 0 aliphatic heterocycles. The topological polar surface area (TPSA) is 136 Å². The Hall–Kier alpha value is -4.92. The van der Waals surface area contributed by atoms with Gasteiger partial charge in [-0.1, -0.05) is 125 Å². The molecule has 0 unspecified atom stereocenters. The van der Waals surface area contributed by atoms with Gasteiger partial charge in [-0.25, -0.2) is 15.0 Å². The highest BCUT2D eigenvalue weighted by molar-refractivity contribution is 5.85. The summed E-state index contributed by atoms with van der Waals surface area (Å²) in [5, 5.41) is 33.9. The fourth-order valence-electron chi connectivity index (χ4n) is 6.54. The summed E-state index contributed by atoms with van der Waals surface area (Å²) in [4.78, 5) is 28.0. The van der Waals surface area contributed by atoms with Crippen molar-refractivity contribution < 1.29 is 15.3 Å². The summed E-state index contributed by atoms with van der Waals surface area (Å²) < 4.78 is 0. The van der Waals surface area contributed by atoms with Crippen molar-refractivity contribution in [2.75, 3.05) is 0 Å². The van der Waals surface area contributed by atoms with Crippen LogP contribution in [0.1, 0.15) is 175 Å². The summed E-state index contributed by atoms with van der Waals surface area (Å²) in [5.41, 5.74) is 5.41. The standard InChI is InChI=1S/C48H66N6O3/c1-43(2,3)31-19-28(20-32(37(31)55)44(4,5)6)25-49-40-52-41(50-26-29-21-33(45(7,8)9)38(56)34(22-29)46(10,11)12)54-42(53-40)51-27-30-23-35(47(13,14)15)39(57)36(24-30)48(16,17)18/h19-27,55-57H,1-18H3/b49-25+,50-26+,51-27+. The zero-order valence-electron chi connectivity index (χ0n) is 37.7. The summed E-state index contributed by atoms with van der Waals surface area (Å²) in [6, 6.07) is 11.7. The van der Waals surface area contributed by atoms with Gasteiger partial charge in [-0.05, 0) is 85.6 Å². The molecule has 0 saturated heterocycles. The molecule has 306 valence electrons. The first-order chi connectivity index (χ1) is 25.8. The summed E-state index contributed by atoms with van der Waals surface area (Å²) in [6.07, 6.45) is 5.07. The second-order valence-corrected chi connectivity index (χ2v) is 21.4. The number of rotatable bonds is 6. The van der Waals surface area contributed by atoms with Crippen LogP contribution in [0.3, 0.4) is 0 Å². The van der Waals surface area contributed by atoms with E-state index in [1.807, 2.05) is 36.4 Å². The van der Waals surface area contributed by atoms with Crippen molar-refractivity contribution in [3.05, 3.63) is 86.5 Å². The molecule has 9 heteroatoms. The third-order valence-corrected chi connectivity index (χ3v) is 9.83. The van der Waals surface area contributed by atoms with Gasteiger partial charge in [0.1, 0.15) is 17.2 Å². The summed E-state index contributed by atoms with van der Waals surface area (Å²) >= 11 is 0. The molecule has 1 heterocycles. The molecule has 3 N–H and O–H groups in total. The lowest BCUT2D eigenvalue weighted by Crippen LogP contribution is -2.17. The van der Waals surface area contributed by atoms with Gasteiger partial charge in [0.05, 0.1) is 0 Å². The van der Waals surface area contributed by atoms with Gasteiger partial charge in [0, 0.05) is 52.0 Å². The molecule has 9 nitrogen and oxygen atoms in total. The maximum atomic E-state index is 11.3. The molecule has 4 aromatic rings. The summed E-state index contributed by atoms with van der Waals surface area (Å²) in [7, 11) is 0. The zero-order chi connectivity index (χ0) is 43.3. The first-order valence-electron chi connectivity index (χ1n) is 19.8. The molecule has 0 radical (unpaired) electrons. The lowest BCUT2D eigenvalue weighted by Gasteiger charge is -2.27. The van der Waals surface area contributed by atoms with Crippen LogP contribution >= 0.6 is 0 Å². The van der Waals surface area contributed by atoms with Gasteiger partial charge in [0.25, 0.3) is 17.8 Å². The zero-order valence-corrected chi connectivity index (χ0v) is 37.7. The predicted octanol–water partition coefficient (Wildman–Crippen LogP) is 12.0. The number of nitrogens with zero attached hydrogens (tertiary/aromatic N) is 6. The van der Waals surface area contributed by atoms with Gasteiger partial charge >= 0.3 is 0 Å². The number of aromatic hydroxyl groups is 3. The molecule has 3 aromatic carbocycles. The number of hydrogen-bond donors (Lipinski definition) is 3. The van der Waals surface area contributed by atoms with Gasteiger partial charge in [-0.2, -0.15) is 15.0 Å². The van der Waals surface area contributed by atoms with E-state index in [0.29, 0.717) is 0 Å². The van der Waals surface area contributed by atoms with Crippen molar-refractivity contribution in [3.8, 4) is 17.2 Å². The van der Waals surface area contributed by atoms with Crippen molar-refractivity contribution in [1.29, 1.82) is 0 Å². The van der Waals surface area contributed by atoms with Gasteiger partial charge in [0.15, 0.2) is 0 Å². The maximum Gasteiger partial charge on any atom is 0.256 e. The highest BCUT2D eigenvalue weighted by Gasteiger charge is 2.29.